The normalized spacial score (nSPS) is 29.6. The summed E-state index contributed by atoms with van der Waals surface area (Å²) in [6.07, 6.45) is -2.38. The molecule has 1 unspecified atom stereocenters. The maximum Gasteiger partial charge on any atom is 0.354 e. The zero-order chi connectivity index (χ0) is 16.3. The van der Waals surface area contributed by atoms with Crippen molar-refractivity contribution in [1.82, 2.24) is 14.5 Å². The molecule has 120 valence electrons. The van der Waals surface area contributed by atoms with Gasteiger partial charge < -0.3 is 29.5 Å². The molecule has 10 nitrogen and oxygen atoms in total. The smallest absolute Gasteiger partial charge is 0.354 e. The summed E-state index contributed by atoms with van der Waals surface area (Å²) in [7, 11) is -0.0536. The van der Waals surface area contributed by atoms with Crippen molar-refractivity contribution in [3.63, 3.8) is 0 Å². The molecule has 0 saturated carbocycles. The van der Waals surface area contributed by atoms with E-state index in [9.17, 15) is 15.0 Å². The Balaban J connectivity index is 2.27. The summed E-state index contributed by atoms with van der Waals surface area (Å²) in [6.45, 7) is 3.44. The molecule has 4 atom stereocenters. The molecule has 1 fully saturated rings. The maximum atomic E-state index is 11.8. The SMILES string of the molecule is C[Si]OC(O)[C@H]1O[C@@H](n2cnc(N)nc2=O)C[C@@]1(O)O[Si]C. The van der Waals surface area contributed by atoms with Gasteiger partial charge in [-0.25, -0.2) is 9.78 Å². The fraction of sp³-hybridized carbons (Fsp3) is 0.700. The van der Waals surface area contributed by atoms with Gasteiger partial charge in [0, 0.05) is 6.42 Å². The zero-order valence-corrected chi connectivity index (χ0v) is 14.0. The molecule has 2 rings (SSSR count). The van der Waals surface area contributed by atoms with Crippen molar-refractivity contribution in [3.8, 4) is 0 Å². The second-order valence-corrected chi connectivity index (χ2v) is 5.74. The Hall–Kier alpha value is -1.16. The third kappa shape index (κ3) is 3.43. The molecule has 0 aliphatic carbocycles. The lowest BCUT2D eigenvalue weighted by atomic mass is 10.1. The van der Waals surface area contributed by atoms with Crippen molar-refractivity contribution < 1.29 is 23.8 Å². The van der Waals surface area contributed by atoms with Crippen molar-refractivity contribution >= 4 is 25.5 Å². The molecular formula is C10H16N4O6Si2. The van der Waals surface area contributed by atoms with Crippen LogP contribution in [0.5, 0.6) is 0 Å². The lowest BCUT2D eigenvalue weighted by Gasteiger charge is -2.30. The lowest BCUT2D eigenvalue weighted by Crippen LogP contribution is -2.49. The molecule has 1 saturated heterocycles. The highest BCUT2D eigenvalue weighted by Gasteiger charge is 2.52. The number of nitrogens with zero attached hydrogens (tertiary/aromatic N) is 3. The number of aromatic nitrogens is 3. The predicted octanol–water partition coefficient (Wildman–Crippen LogP) is -2.12. The minimum absolute atomic E-state index is 0.00670. The van der Waals surface area contributed by atoms with E-state index in [4.69, 9.17) is 19.3 Å². The van der Waals surface area contributed by atoms with Crippen LogP contribution in [0.15, 0.2) is 11.1 Å². The lowest BCUT2D eigenvalue weighted by molar-refractivity contribution is -0.237. The van der Waals surface area contributed by atoms with Gasteiger partial charge in [0.05, 0.1) is 0 Å². The molecule has 2 heterocycles. The first-order chi connectivity index (χ1) is 10.4. The quantitative estimate of drug-likeness (QED) is 0.390. The standard InChI is InChI=1S/C10H16N4O6Si2/c1-21-19-7(15)6-10(17,20-22-2)3-5(18-6)14-4-12-8(11)13-9(14)16/h4-7,15,17H,3H2,1-2H3,(H2,11,13,16)/t5-,6-,7?,10-/m1/s1. The first-order valence-corrected chi connectivity index (χ1v) is 9.16. The average Bonchev–Trinajstić information content (AvgIpc) is 2.77. The van der Waals surface area contributed by atoms with Crippen molar-refractivity contribution in [1.29, 1.82) is 0 Å². The van der Waals surface area contributed by atoms with Crippen LogP contribution in [0.2, 0.25) is 13.1 Å². The van der Waals surface area contributed by atoms with E-state index in [1.165, 1.54) is 6.33 Å². The van der Waals surface area contributed by atoms with Crippen LogP contribution in [0.3, 0.4) is 0 Å². The molecule has 12 heteroatoms. The summed E-state index contributed by atoms with van der Waals surface area (Å²) < 4.78 is 17.0. The Morgan fingerprint density at radius 3 is 2.91 bits per heavy atom. The number of aliphatic hydroxyl groups excluding tert-OH is 1. The highest BCUT2D eigenvalue weighted by atomic mass is 28.2. The molecule has 0 spiro atoms. The van der Waals surface area contributed by atoms with E-state index < -0.39 is 30.1 Å². The summed E-state index contributed by atoms with van der Waals surface area (Å²) in [5, 5.41) is 20.5. The summed E-state index contributed by atoms with van der Waals surface area (Å²) in [5.41, 5.74) is 4.66. The first kappa shape index (κ1) is 17.2. The van der Waals surface area contributed by atoms with Crippen LogP contribution in [0.1, 0.15) is 12.6 Å². The molecule has 0 bridgehead atoms. The summed E-state index contributed by atoms with van der Waals surface area (Å²) in [5.74, 6) is -1.94. The monoisotopic (exact) mass is 344 g/mol. The molecule has 0 aromatic carbocycles. The summed E-state index contributed by atoms with van der Waals surface area (Å²) in [4.78, 5) is 19.1. The molecule has 1 aromatic rings. The van der Waals surface area contributed by atoms with E-state index in [0.717, 1.165) is 4.57 Å². The van der Waals surface area contributed by atoms with Gasteiger partial charge in [-0.15, -0.1) is 0 Å². The number of rotatable bonds is 6. The van der Waals surface area contributed by atoms with Crippen LogP contribution in [-0.2, 0) is 13.6 Å². The van der Waals surface area contributed by atoms with Crippen LogP contribution >= 0.6 is 0 Å². The minimum Gasteiger partial charge on any atom is -0.391 e. The minimum atomic E-state index is -1.78. The second kappa shape index (κ2) is 6.95. The van der Waals surface area contributed by atoms with E-state index >= 15 is 0 Å². The number of anilines is 1. The molecule has 1 aliphatic heterocycles. The van der Waals surface area contributed by atoms with Crippen LogP contribution in [0.25, 0.3) is 0 Å². The van der Waals surface area contributed by atoms with Crippen LogP contribution < -0.4 is 11.4 Å². The second-order valence-electron chi connectivity index (χ2n) is 4.48. The molecule has 0 amide bonds. The highest BCUT2D eigenvalue weighted by Crippen LogP contribution is 2.38. The van der Waals surface area contributed by atoms with Crippen molar-refractivity contribution in [2.45, 2.75) is 43.9 Å². The van der Waals surface area contributed by atoms with Gasteiger partial charge in [0.15, 0.2) is 18.2 Å². The zero-order valence-electron chi connectivity index (χ0n) is 12.0. The Bertz CT molecular complexity index is 575. The predicted molar refractivity (Wildman–Crippen MR) is 75.6 cm³/mol. The van der Waals surface area contributed by atoms with Crippen LogP contribution in [0, 0.1) is 0 Å². The van der Waals surface area contributed by atoms with Gasteiger partial charge >= 0.3 is 5.69 Å². The molecular weight excluding hydrogens is 328 g/mol. The van der Waals surface area contributed by atoms with E-state index in [1.54, 1.807) is 13.1 Å². The Morgan fingerprint density at radius 1 is 1.59 bits per heavy atom. The Kier molecular flexibility index (Phi) is 5.43. The highest BCUT2D eigenvalue weighted by molar-refractivity contribution is 6.25. The first-order valence-electron chi connectivity index (χ1n) is 6.35. The van der Waals surface area contributed by atoms with Gasteiger partial charge in [-0.2, -0.15) is 4.98 Å². The van der Waals surface area contributed by atoms with E-state index in [2.05, 4.69) is 9.97 Å². The van der Waals surface area contributed by atoms with Gasteiger partial charge in [0.2, 0.25) is 25.5 Å². The number of hydrogen-bond acceptors (Lipinski definition) is 9. The average molecular weight is 344 g/mol. The van der Waals surface area contributed by atoms with Crippen LogP contribution in [-0.4, -0.2) is 62.5 Å². The van der Waals surface area contributed by atoms with E-state index in [0.29, 0.717) is 0 Å². The molecule has 4 N–H and O–H groups in total. The fourth-order valence-corrected chi connectivity index (χ4v) is 3.07. The van der Waals surface area contributed by atoms with Gasteiger partial charge in [0.25, 0.3) is 0 Å². The molecule has 22 heavy (non-hydrogen) atoms. The van der Waals surface area contributed by atoms with Crippen molar-refractivity contribution in [2.24, 2.45) is 0 Å². The van der Waals surface area contributed by atoms with Crippen molar-refractivity contribution in [2.75, 3.05) is 5.73 Å². The van der Waals surface area contributed by atoms with Gasteiger partial charge in [-0.05, 0) is 13.1 Å². The third-order valence-corrected chi connectivity index (χ3v) is 4.08. The number of nitrogens with two attached hydrogens (primary N) is 1. The fourth-order valence-electron chi connectivity index (χ4n) is 2.16. The molecule has 1 aliphatic rings. The van der Waals surface area contributed by atoms with E-state index in [-0.39, 0.29) is 31.9 Å². The van der Waals surface area contributed by atoms with E-state index in [1.807, 2.05) is 0 Å². The molecule has 1 aromatic heterocycles. The Morgan fingerprint density at radius 2 is 2.32 bits per heavy atom. The largest absolute Gasteiger partial charge is 0.391 e. The third-order valence-electron chi connectivity index (χ3n) is 3.05. The van der Waals surface area contributed by atoms with Gasteiger partial charge in [-0.1, -0.05) is 0 Å². The summed E-state index contributed by atoms with van der Waals surface area (Å²) >= 11 is 0. The number of ether oxygens (including phenoxy) is 1. The maximum absolute atomic E-state index is 11.8. The van der Waals surface area contributed by atoms with Crippen LogP contribution in [0.4, 0.5) is 5.95 Å². The number of aliphatic hydroxyl groups is 2. The molecule has 4 radical (unpaired) electrons. The van der Waals surface area contributed by atoms with Gasteiger partial charge in [0.1, 0.15) is 12.6 Å². The summed E-state index contributed by atoms with van der Waals surface area (Å²) in [6, 6.07) is 0. The number of nitrogen functional groups attached to an aromatic ring is 1. The van der Waals surface area contributed by atoms with Crippen molar-refractivity contribution in [3.05, 3.63) is 16.8 Å². The van der Waals surface area contributed by atoms with Gasteiger partial charge in [-0.3, -0.25) is 4.57 Å². The number of hydrogen-bond donors (Lipinski definition) is 3. The topological polar surface area (TPSA) is 142 Å². The Labute approximate surface area is 131 Å².